The number of nitrogens with one attached hydrogen (secondary N) is 1. The van der Waals surface area contributed by atoms with Gasteiger partial charge in [-0.1, -0.05) is 55.5 Å². The summed E-state index contributed by atoms with van der Waals surface area (Å²) in [5.41, 5.74) is 3.02. The zero-order valence-corrected chi connectivity index (χ0v) is 14.3. The SMILES string of the molecule is CCc1ccccc1NC(=O)CCN(Cc1ccccc1)C(C)=O. The molecule has 0 heterocycles. The molecule has 4 nitrogen and oxygen atoms in total. The Bertz CT molecular complexity index is 683. The number of amides is 2. The standard InChI is InChI=1S/C20H24N2O2/c1-3-18-11-7-8-12-19(18)21-20(24)13-14-22(16(2)23)15-17-9-5-4-6-10-17/h4-12H,3,13-15H2,1-2H3,(H,21,24). The molecule has 0 aliphatic heterocycles. The van der Waals surface area contributed by atoms with E-state index in [1.165, 1.54) is 6.92 Å². The number of hydrogen-bond donors (Lipinski definition) is 1. The molecule has 2 amide bonds. The second kappa shape index (κ2) is 8.87. The number of aryl methyl sites for hydroxylation is 1. The lowest BCUT2D eigenvalue weighted by atomic mass is 10.1. The number of hydrogen-bond acceptors (Lipinski definition) is 2. The number of nitrogens with zero attached hydrogens (tertiary/aromatic N) is 1. The van der Waals surface area contributed by atoms with Crippen molar-refractivity contribution >= 4 is 17.5 Å². The predicted molar refractivity (Wildman–Crippen MR) is 96.6 cm³/mol. The fourth-order valence-corrected chi connectivity index (χ4v) is 2.55. The molecule has 4 heteroatoms. The molecule has 0 unspecified atom stereocenters. The van der Waals surface area contributed by atoms with Gasteiger partial charge in [-0.05, 0) is 23.6 Å². The normalized spacial score (nSPS) is 10.2. The Labute approximate surface area is 143 Å². The molecule has 0 aliphatic rings. The minimum Gasteiger partial charge on any atom is -0.338 e. The summed E-state index contributed by atoms with van der Waals surface area (Å²) in [5, 5.41) is 2.94. The molecule has 1 N–H and O–H groups in total. The monoisotopic (exact) mass is 324 g/mol. The summed E-state index contributed by atoms with van der Waals surface area (Å²) in [4.78, 5) is 25.7. The predicted octanol–water partition coefficient (Wildman–Crippen LogP) is 3.63. The first-order valence-electron chi connectivity index (χ1n) is 8.27. The first kappa shape index (κ1) is 17.7. The third-order valence-electron chi connectivity index (χ3n) is 3.94. The van der Waals surface area contributed by atoms with Crippen molar-refractivity contribution in [3.05, 3.63) is 65.7 Å². The van der Waals surface area contributed by atoms with Crippen LogP contribution < -0.4 is 5.32 Å². The Morgan fingerprint density at radius 2 is 1.67 bits per heavy atom. The molecule has 0 aliphatic carbocycles. The highest BCUT2D eigenvalue weighted by molar-refractivity contribution is 5.91. The molecule has 0 radical (unpaired) electrons. The summed E-state index contributed by atoms with van der Waals surface area (Å²) >= 11 is 0. The quantitative estimate of drug-likeness (QED) is 0.845. The summed E-state index contributed by atoms with van der Waals surface area (Å²) < 4.78 is 0. The summed E-state index contributed by atoms with van der Waals surface area (Å²) in [7, 11) is 0. The van der Waals surface area contributed by atoms with E-state index in [4.69, 9.17) is 0 Å². The number of para-hydroxylation sites is 1. The van der Waals surface area contributed by atoms with Gasteiger partial charge in [0.1, 0.15) is 0 Å². The highest BCUT2D eigenvalue weighted by Crippen LogP contribution is 2.15. The maximum absolute atomic E-state index is 12.2. The summed E-state index contributed by atoms with van der Waals surface area (Å²) in [6, 6.07) is 17.6. The second-order valence-corrected chi connectivity index (χ2v) is 5.74. The van der Waals surface area contributed by atoms with Crippen molar-refractivity contribution in [2.45, 2.75) is 33.2 Å². The van der Waals surface area contributed by atoms with Gasteiger partial charge in [-0.2, -0.15) is 0 Å². The fraction of sp³-hybridized carbons (Fsp3) is 0.300. The van der Waals surface area contributed by atoms with Gasteiger partial charge < -0.3 is 10.2 Å². The van der Waals surface area contributed by atoms with Gasteiger partial charge in [-0.25, -0.2) is 0 Å². The van der Waals surface area contributed by atoms with Crippen molar-refractivity contribution in [3.8, 4) is 0 Å². The second-order valence-electron chi connectivity index (χ2n) is 5.74. The molecule has 0 aromatic heterocycles. The van der Waals surface area contributed by atoms with Crippen LogP contribution in [0.2, 0.25) is 0 Å². The lowest BCUT2D eigenvalue weighted by molar-refractivity contribution is -0.129. The van der Waals surface area contributed by atoms with Crippen LogP contribution in [0, 0.1) is 0 Å². The minimum absolute atomic E-state index is 0.0272. The average Bonchev–Trinajstić information content (AvgIpc) is 2.59. The van der Waals surface area contributed by atoms with Crippen molar-refractivity contribution in [1.29, 1.82) is 0 Å². The van der Waals surface area contributed by atoms with E-state index in [-0.39, 0.29) is 18.2 Å². The van der Waals surface area contributed by atoms with E-state index in [1.807, 2.05) is 54.6 Å². The van der Waals surface area contributed by atoms with Crippen LogP contribution in [0.1, 0.15) is 31.4 Å². The summed E-state index contributed by atoms with van der Waals surface area (Å²) in [5.74, 6) is -0.101. The van der Waals surface area contributed by atoms with Crippen LogP contribution in [0.4, 0.5) is 5.69 Å². The zero-order valence-electron chi connectivity index (χ0n) is 14.3. The molecule has 2 rings (SSSR count). The molecular weight excluding hydrogens is 300 g/mol. The Hall–Kier alpha value is -2.62. The Kier molecular flexibility index (Phi) is 6.55. The number of rotatable bonds is 7. The van der Waals surface area contributed by atoms with Crippen LogP contribution in [0.5, 0.6) is 0 Å². The highest BCUT2D eigenvalue weighted by atomic mass is 16.2. The molecule has 2 aromatic rings. The lowest BCUT2D eigenvalue weighted by Crippen LogP contribution is -2.31. The highest BCUT2D eigenvalue weighted by Gasteiger charge is 2.12. The van der Waals surface area contributed by atoms with E-state index >= 15 is 0 Å². The van der Waals surface area contributed by atoms with Crippen molar-refractivity contribution in [2.75, 3.05) is 11.9 Å². The number of anilines is 1. The van der Waals surface area contributed by atoms with Gasteiger partial charge in [0.05, 0.1) is 0 Å². The van der Waals surface area contributed by atoms with E-state index < -0.39 is 0 Å². The Morgan fingerprint density at radius 3 is 2.33 bits per heavy atom. The molecule has 0 saturated heterocycles. The van der Waals surface area contributed by atoms with Gasteiger partial charge in [-0.3, -0.25) is 9.59 Å². The lowest BCUT2D eigenvalue weighted by Gasteiger charge is -2.21. The summed E-state index contributed by atoms with van der Waals surface area (Å²) in [6.45, 7) is 4.52. The van der Waals surface area contributed by atoms with E-state index in [0.717, 1.165) is 23.2 Å². The maximum atomic E-state index is 12.2. The maximum Gasteiger partial charge on any atom is 0.226 e. The molecule has 126 valence electrons. The molecule has 0 bridgehead atoms. The minimum atomic E-state index is -0.0739. The Morgan fingerprint density at radius 1 is 1.00 bits per heavy atom. The van der Waals surface area contributed by atoms with Crippen LogP contribution in [0.25, 0.3) is 0 Å². The fourth-order valence-electron chi connectivity index (χ4n) is 2.55. The van der Waals surface area contributed by atoms with Gasteiger partial charge in [0, 0.05) is 32.1 Å². The first-order chi connectivity index (χ1) is 11.6. The number of carbonyl (C=O) groups is 2. The largest absolute Gasteiger partial charge is 0.338 e. The smallest absolute Gasteiger partial charge is 0.226 e. The van der Waals surface area contributed by atoms with Crippen LogP contribution in [0.3, 0.4) is 0 Å². The average molecular weight is 324 g/mol. The van der Waals surface area contributed by atoms with Gasteiger partial charge in [0.25, 0.3) is 0 Å². The Balaban J connectivity index is 1.91. The van der Waals surface area contributed by atoms with Crippen LogP contribution in [-0.2, 0) is 22.6 Å². The molecule has 0 spiro atoms. The number of carbonyl (C=O) groups excluding carboxylic acids is 2. The van der Waals surface area contributed by atoms with E-state index in [9.17, 15) is 9.59 Å². The van der Waals surface area contributed by atoms with Crippen LogP contribution in [0.15, 0.2) is 54.6 Å². The van der Waals surface area contributed by atoms with Crippen LogP contribution >= 0.6 is 0 Å². The zero-order chi connectivity index (χ0) is 17.4. The molecular formula is C20H24N2O2. The van der Waals surface area contributed by atoms with Gasteiger partial charge >= 0.3 is 0 Å². The third-order valence-corrected chi connectivity index (χ3v) is 3.94. The first-order valence-corrected chi connectivity index (χ1v) is 8.27. The van der Waals surface area contributed by atoms with Crippen molar-refractivity contribution < 1.29 is 9.59 Å². The van der Waals surface area contributed by atoms with Gasteiger partial charge in [0.15, 0.2) is 0 Å². The number of benzene rings is 2. The van der Waals surface area contributed by atoms with Crippen molar-refractivity contribution in [2.24, 2.45) is 0 Å². The van der Waals surface area contributed by atoms with Crippen molar-refractivity contribution in [1.82, 2.24) is 4.90 Å². The van der Waals surface area contributed by atoms with Crippen molar-refractivity contribution in [3.63, 3.8) is 0 Å². The molecule has 0 fully saturated rings. The summed E-state index contributed by atoms with van der Waals surface area (Å²) in [6.07, 6.45) is 1.15. The topological polar surface area (TPSA) is 49.4 Å². The van der Waals surface area contributed by atoms with Crippen LogP contribution in [-0.4, -0.2) is 23.3 Å². The molecule has 0 atom stereocenters. The van der Waals surface area contributed by atoms with E-state index in [1.54, 1.807) is 4.90 Å². The molecule has 24 heavy (non-hydrogen) atoms. The van der Waals surface area contributed by atoms with E-state index in [2.05, 4.69) is 12.2 Å². The van der Waals surface area contributed by atoms with Gasteiger partial charge in [-0.15, -0.1) is 0 Å². The third kappa shape index (κ3) is 5.23. The molecule has 0 saturated carbocycles. The van der Waals surface area contributed by atoms with Gasteiger partial charge in [0.2, 0.25) is 11.8 Å². The van der Waals surface area contributed by atoms with E-state index in [0.29, 0.717) is 13.1 Å². The molecule has 2 aromatic carbocycles.